The molecule has 1 aliphatic carbocycles. The molecule has 0 saturated carbocycles. The number of thioether (sulfide) groups is 1. The zero-order chi connectivity index (χ0) is 21.2. The largest absolute Gasteiger partial charge is 0.440 e. The molecule has 0 bridgehead atoms. The number of hydrogen-bond acceptors (Lipinski definition) is 7. The van der Waals surface area contributed by atoms with Crippen LogP contribution in [0.25, 0.3) is 21.5 Å². The number of aromatic nitrogens is 3. The summed E-state index contributed by atoms with van der Waals surface area (Å²) in [5.41, 5.74) is 2.25. The molecule has 0 fully saturated rings. The quantitative estimate of drug-likeness (QED) is 0.292. The highest BCUT2D eigenvalue weighted by atomic mass is 32.2. The lowest BCUT2D eigenvalue weighted by molar-refractivity contribution is 0.183. The molecule has 0 atom stereocenters. The number of hydrogen-bond donors (Lipinski definition) is 0. The molecule has 4 aromatic rings. The smallest absolute Gasteiger partial charge is 0.263 e. The van der Waals surface area contributed by atoms with Crippen LogP contribution in [-0.4, -0.2) is 28.3 Å². The van der Waals surface area contributed by atoms with Crippen LogP contribution in [0.15, 0.2) is 50.9 Å². The van der Waals surface area contributed by atoms with Gasteiger partial charge in [-0.25, -0.2) is 9.97 Å². The van der Waals surface area contributed by atoms with Crippen molar-refractivity contribution in [1.82, 2.24) is 14.5 Å². The van der Waals surface area contributed by atoms with Crippen molar-refractivity contribution in [2.75, 3.05) is 13.7 Å². The van der Waals surface area contributed by atoms with Crippen molar-refractivity contribution in [2.24, 2.45) is 0 Å². The normalized spacial score (nSPS) is 13.6. The van der Waals surface area contributed by atoms with E-state index in [1.807, 2.05) is 30.3 Å². The molecule has 31 heavy (non-hydrogen) atoms. The second-order valence-electron chi connectivity index (χ2n) is 7.51. The molecule has 5 rings (SSSR count). The zero-order valence-corrected chi connectivity index (χ0v) is 18.9. The first-order chi connectivity index (χ1) is 15.2. The van der Waals surface area contributed by atoms with Gasteiger partial charge in [0.2, 0.25) is 5.89 Å². The van der Waals surface area contributed by atoms with Gasteiger partial charge >= 0.3 is 0 Å². The summed E-state index contributed by atoms with van der Waals surface area (Å²) in [6.07, 6.45) is 6.09. The monoisotopic (exact) mass is 453 g/mol. The first-order valence-corrected chi connectivity index (χ1v) is 12.2. The van der Waals surface area contributed by atoms with Gasteiger partial charge in [0.1, 0.15) is 4.83 Å². The molecule has 0 aliphatic heterocycles. The van der Waals surface area contributed by atoms with Crippen LogP contribution < -0.4 is 5.56 Å². The van der Waals surface area contributed by atoms with Crippen LogP contribution in [-0.2, 0) is 29.9 Å². The lowest BCUT2D eigenvalue weighted by atomic mass is 9.97. The average molecular weight is 454 g/mol. The van der Waals surface area contributed by atoms with E-state index < -0.39 is 0 Å². The summed E-state index contributed by atoms with van der Waals surface area (Å²) >= 11 is 3.16. The van der Waals surface area contributed by atoms with Gasteiger partial charge < -0.3 is 9.15 Å². The Morgan fingerprint density at radius 1 is 1.23 bits per heavy atom. The van der Waals surface area contributed by atoms with Crippen LogP contribution in [0.3, 0.4) is 0 Å². The minimum atomic E-state index is 0.0429. The van der Waals surface area contributed by atoms with Gasteiger partial charge in [0.05, 0.1) is 30.5 Å². The molecule has 160 valence electrons. The van der Waals surface area contributed by atoms with Crippen molar-refractivity contribution < 1.29 is 9.15 Å². The van der Waals surface area contributed by atoms with E-state index in [0.29, 0.717) is 30.0 Å². The first-order valence-electron chi connectivity index (χ1n) is 10.4. The first kappa shape index (κ1) is 20.5. The van der Waals surface area contributed by atoms with Gasteiger partial charge in [0.15, 0.2) is 10.9 Å². The Balaban J connectivity index is 1.46. The van der Waals surface area contributed by atoms with Crippen molar-refractivity contribution in [2.45, 2.75) is 43.1 Å². The summed E-state index contributed by atoms with van der Waals surface area (Å²) in [4.78, 5) is 24.9. The Morgan fingerprint density at radius 2 is 2.06 bits per heavy atom. The summed E-state index contributed by atoms with van der Waals surface area (Å²) in [7, 11) is 1.65. The number of thiophene rings is 1. The third-order valence-corrected chi connectivity index (χ3v) is 7.64. The molecule has 0 N–H and O–H groups in total. The Labute approximate surface area is 188 Å². The van der Waals surface area contributed by atoms with Gasteiger partial charge in [-0.3, -0.25) is 9.36 Å². The van der Waals surface area contributed by atoms with Gasteiger partial charge in [-0.2, -0.15) is 0 Å². The van der Waals surface area contributed by atoms with E-state index in [4.69, 9.17) is 14.1 Å². The van der Waals surface area contributed by atoms with E-state index in [0.717, 1.165) is 40.8 Å². The number of methoxy groups -OCH3 is 1. The summed E-state index contributed by atoms with van der Waals surface area (Å²) in [6.45, 7) is 0.941. The number of fused-ring (bicyclic) bond motifs is 3. The summed E-state index contributed by atoms with van der Waals surface area (Å²) in [6, 6.07) is 9.91. The average Bonchev–Trinajstić information content (AvgIpc) is 3.42. The third kappa shape index (κ3) is 4.07. The molecule has 0 radical (unpaired) electrons. The predicted molar refractivity (Wildman–Crippen MR) is 124 cm³/mol. The lowest BCUT2D eigenvalue weighted by Crippen LogP contribution is -2.25. The van der Waals surface area contributed by atoms with Crippen molar-refractivity contribution in [3.8, 4) is 11.3 Å². The molecule has 0 spiro atoms. The molecule has 8 heteroatoms. The minimum Gasteiger partial charge on any atom is -0.440 e. The summed E-state index contributed by atoms with van der Waals surface area (Å²) in [5, 5.41) is 1.50. The van der Waals surface area contributed by atoms with E-state index in [-0.39, 0.29) is 5.56 Å². The Bertz CT molecular complexity index is 1260. The highest BCUT2D eigenvalue weighted by molar-refractivity contribution is 7.98. The molecule has 1 aromatic carbocycles. The van der Waals surface area contributed by atoms with Crippen LogP contribution in [0.4, 0.5) is 0 Å². The highest BCUT2D eigenvalue weighted by Gasteiger charge is 2.22. The topological polar surface area (TPSA) is 70.2 Å². The molecular formula is C23H23N3O3S2. The number of benzene rings is 1. The number of aryl methyl sites for hydroxylation is 2. The zero-order valence-electron chi connectivity index (χ0n) is 17.3. The lowest BCUT2D eigenvalue weighted by Gasteiger charge is -2.13. The van der Waals surface area contributed by atoms with Gasteiger partial charge in [0.25, 0.3) is 5.56 Å². The third-order valence-electron chi connectivity index (χ3n) is 5.50. The predicted octanol–water partition coefficient (Wildman–Crippen LogP) is 4.93. The van der Waals surface area contributed by atoms with E-state index >= 15 is 0 Å². The van der Waals surface area contributed by atoms with Crippen molar-refractivity contribution in [3.63, 3.8) is 0 Å². The maximum atomic E-state index is 13.4. The van der Waals surface area contributed by atoms with Crippen LogP contribution in [0.5, 0.6) is 0 Å². The number of oxazole rings is 1. The Kier molecular flexibility index (Phi) is 5.93. The van der Waals surface area contributed by atoms with E-state index in [9.17, 15) is 4.79 Å². The molecular weight excluding hydrogens is 430 g/mol. The fourth-order valence-electron chi connectivity index (χ4n) is 3.95. The van der Waals surface area contributed by atoms with Gasteiger partial charge in [-0.1, -0.05) is 42.1 Å². The molecule has 0 saturated heterocycles. The van der Waals surface area contributed by atoms with Crippen molar-refractivity contribution in [3.05, 3.63) is 63.2 Å². The molecule has 3 heterocycles. The second kappa shape index (κ2) is 8.98. The van der Waals surface area contributed by atoms with E-state index in [1.54, 1.807) is 29.2 Å². The number of ether oxygens (including phenoxy) is 1. The van der Waals surface area contributed by atoms with Crippen molar-refractivity contribution >= 4 is 33.3 Å². The van der Waals surface area contributed by atoms with Crippen LogP contribution in [0, 0.1) is 0 Å². The van der Waals surface area contributed by atoms with Gasteiger partial charge in [-0.05, 0) is 31.2 Å². The second-order valence-corrected chi connectivity index (χ2v) is 9.53. The van der Waals surface area contributed by atoms with Gasteiger partial charge in [-0.15, -0.1) is 11.3 Å². The Hall–Kier alpha value is -2.42. The standard InChI is InChI=1S/C23H23N3O3S2/c1-28-12-11-26-22(27)20-16-9-5-6-10-18(16)31-21(20)25-23(26)30-14-19-24-13-17(29-19)15-7-3-2-4-8-15/h2-4,7-8,13H,5-6,9-12,14H2,1H3. The summed E-state index contributed by atoms with van der Waals surface area (Å²) in [5.74, 6) is 1.85. The molecule has 3 aromatic heterocycles. The minimum absolute atomic E-state index is 0.0429. The van der Waals surface area contributed by atoms with Crippen LogP contribution in [0.2, 0.25) is 0 Å². The van der Waals surface area contributed by atoms with E-state index in [2.05, 4.69) is 4.98 Å². The Morgan fingerprint density at radius 3 is 2.90 bits per heavy atom. The molecule has 6 nitrogen and oxygen atoms in total. The molecule has 0 amide bonds. The van der Waals surface area contributed by atoms with Crippen LogP contribution in [0.1, 0.15) is 29.2 Å². The highest BCUT2D eigenvalue weighted by Crippen LogP contribution is 2.35. The van der Waals surface area contributed by atoms with Crippen molar-refractivity contribution in [1.29, 1.82) is 0 Å². The maximum Gasteiger partial charge on any atom is 0.263 e. The number of nitrogens with zero attached hydrogens (tertiary/aromatic N) is 3. The van der Waals surface area contributed by atoms with E-state index in [1.165, 1.54) is 28.6 Å². The summed E-state index contributed by atoms with van der Waals surface area (Å²) < 4.78 is 12.9. The number of rotatable bonds is 7. The molecule has 1 aliphatic rings. The molecule has 0 unspecified atom stereocenters. The fraction of sp³-hybridized carbons (Fsp3) is 0.348. The maximum absolute atomic E-state index is 13.4. The van der Waals surface area contributed by atoms with Crippen LogP contribution >= 0.6 is 23.1 Å². The van der Waals surface area contributed by atoms with Gasteiger partial charge in [0, 0.05) is 17.6 Å². The fourth-order valence-corrected chi connectivity index (χ4v) is 6.13. The SMILES string of the molecule is COCCn1c(SCc2ncc(-c3ccccc3)o2)nc2sc3c(c2c1=O)CCCC3.